The molecule has 2 unspecified atom stereocenters. The van der Waals surface area contributed by atoms with Crippen LogP contribution >= 0.6 is 0 Å². The molecule has 2 aliphatic heterocycles. The number of carbonyl (C=O) groups is 1. The van der Waals surface area contributed by atoms with Gasteiger partial charge in [0.15, 0.2) is 0 Å². The summed E-state index contributed by atoms with van der Waals surface area (Å²) in [6.07, 6.45) is 12.5. The monoisotopic (exact) mass is 516 g/mol. The maximum atomic E-state index is 13.4. The van der Waals surface area contributed by atoms with E-state index in [1.807, 2.05) is 6.07 Å². The third-order valence-corrected chi connectivity index (χ3v) is 10.7. The van der Waals surface area contributed by atoms with E-state index in [1.165, 1.54) is 36.8 Å². The zero-order chi connectivity index (χ0) is 26.0. The first-order chi connectivity index (χ1) is 18.4. The molecule has 3 saturated carbocycles. The molecule has 1 spiro atoms. The molecule has 4 aliphatic carbocycles. The van der Waals surface area contributed by atoms with Gasteiger partial charge in [0, 0.05) is 41.9 Å². The molecule has 7 nitrogen and oxygen atoms in total. The fourth-order valence-electron chi connectivity index (χ4n) is 8.13. The van der Waals surface area contributed by atoms with Gasteiger partial charge in [0.2, 0.25) is 0 Å². The van der Waals surface area contributed by atoms with E-state index in [4.69, 9.17) is 10.5 Å². The molecular formula is C31H40N4O3. The van der Waals surface area contributed by atoms with Crippen molar-refractivity contribution in [2.24, 2.45) is 0 Å². The number of carbonyl (C=O) groups excluding carboxylic acids is 1. The molecule has 4 N–H and O–H groups in total. The Balaban J connectivity index is 1.10. The average molecular weight is 517 g/mol. The van der Waals surface area contributed by atoms with E-state index in [0.29, 0.717) is 11.6 Å². The summed E-state index contributed by atoms with van der Waals surface area (Å²) in [6.45, 7) is 4.09. The number of fused-ring (bicyclic) bond motifs is 5. The van der Waals surface area contributed by atoms with E-state index in [0.717, 1.165) is 82.4 Å². The SMILES string of the molecule is Nc1ncc(-c2ccc3c(c2)CCC32CCN(C3CCCOC3)C2)cc1C(=O)NC12CCC(O)(CC1)CC2. The van der Waals surface area contributed by atoms with Crippen molar-refractivity contribution in [2.75, 3.05) is 32.0 Å². The van der Waals surface area contributed by atoms with Crippen LogP contribution in [-0.4, -0.2) is 64.4 Å². The van der Waals surface area contributed by atoms with Gasteiger partial charge in [-0.2, -0.15) is 0 Å². The van der Waals surface area contributed by atoms with E-state index < -0.39 is 5.60 Å². The van der Waals surface area contributed by atoms with Crippen LogP contribution < -0.4 is 11.1 Å². The fraction of sp³-hybridized carbons (Fsp3) is 0.613. The van der Waals surface area contributed by atoms with E-state index >= 15 is 0 Å². The first-order valence-electron chi connectivity index (χ1n) is 14.6. The molecule has 202 valence electrons. The van der Waals surface area contributed by atoms with Crippen LogP contribution in [0.4, 0.5) is 5.82 Å². The lowest BCUT2D eigenvalue weighted by atomic mass is 9.63. The van der Waals surface area contributed by atoms with Gasteiger partial charge in [-0.1, -0.05) is 18.2 Å². The molecule has 1 amide bonds. The predicted molar refractivity (Wildman–Crippen MR) is 147 cm³/mol. The number of aliphatic hydroxyl groups is 1. The van der Waals surface area contributed by atoms with Gasteiger partial charge in [0.1, 0.15) is 5.82 Å². The molecule has 38 heavy (non-hydrogen) atoms. The second-order valence-corrected chi connectivity index (χ2v) is 12.9. The molecule has 5 fully saturated rings. The number of anilines is 1. The number of nitrogens with zero attached hydrogens (tertiary/aromatic N) is 2. The minimum atomic E-state index is -0.528. The Bertz CT molecular complexity index is 1230. The third kappa shape index (κ3) is 4.14. The van der Waals surface area contributed by atoms with Gasteiger partial charge in [0.25, 0.3) is 5.91 Å². The highest BCUT2D eigenvalue weighted by Crippen LogP contribution is 2.48. The van der Waals surface area contributed by atoms with Crippen molar-refractivity contribution >= 4 is 11.7 Å². The largest absolute Gasteiger partial charge is 0.390 e. The molecule has 3 heterocycles. The van der Waals surface area contributed by atoms with Gasteiger partial charge in [-0.15, -0.1) is 0 Å². The molecule has 1 aromatic heterocycles. The quantitative estimate of drug-likeness (QED) is 0.569. The summed E-state index contributed by atoms with van der Waals surface area (Å²) in [5.74, 6) is 0.116. The number of aryl methyl sites for hydroxylation is 1. The number of likely N-dealkylation sites (tertiary alicyclic amines) is 1. The molecule has 2 saturated heterocycles. The van der Waals surface area contributed by atoms with Gasteiger partial charge in [-0.05, 0) is 99.9 Å². The van der Waals surface area contributed by atoms with Crippen molar-refractivity contribution in [1.82, 2.24) is 15.2 Å². The first-order valence-corrected chi connectivity index (χ1v) is 14.6. The van der Waals surface area contributed by atoms with Crippen molar-refractivity contribution < 1.29 is 14.6 Å². The number of nitrogens with two attached hydrogens (primary N) is 1. The minimum Gasteiger partial charge on any atom is -0.390 e. The van der Waals surface area contributed by atoms with Crippen molar-refractivity contribution in [3.8, 4) is 11.1 Å². The number of rotatable bonds is 4. The summed E-state index contributed by atoms with van der Waals surface area (Å²) in [5.41, 5.74) is 11.1. The molecule has 2 aromatic rings. The molecule has 7 heteroatoms. The minimum absolute atomic E-state index is 0.151. The molecule has 6 aliphatic rings. The highest BCUT2D eigenvalue weighted by atomic mass is 16.5. The summed E-state index contributed by atoms with van der Waals surface area (Å²) in [4.78, 5) is 20.5. The predicted octanol–water partition coefficient (Wildman–Crippen LogP) is 3.97. The van der Waals surface area contributed by atoms with Crippen LogP contribution in [0.3, 0.4) is 0 Å². The smallest absolute Gasteiger partial charge is 0.255 e. The Morgan fingerprint density at radius 3 is 2.66 bits per heavy atom. The Kier molecular flexibility index (Phi) is 5.84. The molecule has 8 rings (SSSR count). The third-order valence-electron chi connectivity index (χ3n) is 10.7. The second-order valence-electron chi connectivity index (χ2n) is 12.9. The van der Waals surface area contributed by atoms with Gasteiger partial charge in [-0.3, -0.25) is 9.69 Å². The van der Waals surface area contributed by atoms with Gasteiger partial charge >= 0.3 is 0 Å². The molecule has 0 radical (unpaired) electrons. The lowest BCUT2D eigenvalue weighted by Gasteiger charge is -2.51. The normalized spacial score (nSPS) is 34.5. The van der Waals surface area contributed by atoms with Crippen LogP contribution in [0.2, 0.25) is 0 Å². The van der Waals surface area contributed by atoms with Crippen LogP contribution in [0.5, 0.6) is 0 Å². The van der Waals surface area contributed by atoms with E-state index in [-0.39, 0.29) is 22.7 Å². The van der Waals surface area contributed by atoms with Crippen LogP contribution in [0, 0.1) is 0 Å². The van der Waals surface area contributed by atoms with Gasteiger partial charge < -0.3 is 20.9 Å². The van der Waals surface area contributed by atoms with Crippen LogP contribution in [0.25, 0.3) is 11.1 Å². The van der Waals surface area contributed by atoms with E-state index in [9.17, 15) is 9.90 Å². The Labute approximate surface area is 225 Å². The number of hydrogen-bond acceptors (Lipinski definition) is 6. The highest BCUT2D eigenvalue weighted by Gasteiger charge is 2.49. The molecule has 2 bridgehead atoms. The van der Waals surface area contributed by atoms with Crippen molar-refractivity contribution in [3.05, 3.63) is 47.2 Å². The van der Waals surface area contributed by atoms with Crippen molar-refractivity contribution in [1.29, 1.82) is 0 Å². The lowest BCUT2D eigenvalue weighted by molar-refractivity contribution is -0.0702. The number of nitrogens with one attached hydrogen (secondary N) is 1. The number of benzene rings is 1. The second kappa shape index (κ2) is 9.04. The topological polar surface area (TPSA) is 101 Å². The number of amides is 1. The molecular weight excluding hydrogens is 476 g/mol. The Morgan fingerprint density at radius 1 is 1.08 bits per heavy atom. The lowest BCUT2D eigenvalue weighted by Crippen LogP contribution is -2.58. The zero-order valence-electron chi connectivity index (χ0n) is 22.3. The van der Waals surface area contributed by atoms with Crippen LogP contribution in [0.15, 0.2) is 30.5 Å². The molecule has 1 aromatic carbocycles. The average Bonchev–Trinajstić information content (AvgIpc) is 3.54. The van der Waals surface area contributed by atoms with Crippen LogP contribution in [0.1, 0.15) is 85.7 Å². The summed E-state index contributed by atoms with van der Waals surface area (Å²) < 4.78 is 5.78. The standard InChI is InChI=1S/C31H40N4O3/c32-27-25(28(36)34-30-7-10-31(37,11-8-30)12-9-30)17-23(18-33-27)21-3-4-26-22(16-21)5-6-29(26)13-14-35(20-29)24-2-1-15-38-19-24/h3-4,16-18,24,37H,1-2,5-15,19-20H2,(H2,32,33)(H,34,36). The van der Waals surface area contributed by atoms with Crippen LogP contribution in [-0.2, 0) is 16.6 Å². The van der Waals surface area contributed by atoms with E-state index in [1.54, 1.807) is 6.20 Å². The van der Waals surface area contributed by atoms with Gasteiger partial charge in [-0.25, -0.2) is 4.98 Å². The van der Waals surface area contributed by atoms with E-state index in [2.05, 4.69) is 33.4 Å². The Morgan fingerprint density at radius 2 is 1.89 bits per heavy atom. The van der Waals surface area contributed by atoms with Gasteiger partial charge in [0.05, 0.1) is 17.8 Å². The van der Waals surface area contributed by atoms with Crippen molar-refractivity contribution in [3.63, 3.8) is 0 Å². The summed E-state index contributed by atoms with van der Waals surface area (Å²) >= 11 is 0. The first kappa shape index (κ1) is 24.6. The summed E-state index contributed by atoms with van der Waals surface area (Å²) in [6, 6.07) is 9.33. The fourth-order valence-corrected chi connectivity index (χ4v) is 8.13. The number of pyridine rings is 1. The number of nitrogen functional groups attached to an aromatic ring is 1. The number of ether oxygens (including phenoxy) is 1. The molecule has 2 atom stereocenters. The maximum Gasteiger partial charge on any atom is 0.255 e. The number of aromatic nitrogens is 1. The van der Waals surface area contributed by atoms with Crippen molar-refractivity contribution in [2.45, 2.75) is 93.2 Å². The zero-order valence-corrected chi connectivity index (χ0v) is 22.3. The summed E-state index contributed by atoms with van der Waals surface area (Å²) in [5, 5.41) is 13.8. The highest BCUT2D eigenvalue weighted by molar-refractivity contribution is 6.00. The maximum absolute atomic E-state index is 13.4. The summed E-state index contributed by atoms with van der Waals surface area (Å²) in [7, 11) is 0. The Hall–Kier alpha value is -2.48. The number of hydrogen-bond donors (Lipinski definition) is 3.